The van der Waals surface area contributed by atoms with E-state index in [-0.39, 0.29) is 0 Å². The molecule has 1 N–H and O–H groups in total. The van der Waals surface area contributed by atoms with Gasteiger partial charge in [-0.25, -0.2) is 0 Å². The Balaban J connectivity index is 4.48. The number of azide groups is 1. The van der Waals surface area contributed by atoms with Gasteiger partial charge < -0.3 is 0 Å². The standard InChI is InChI=1S/C18H34N3O2.3C4H9.Sn/c1-2-3-4-5-6-7-8-9-10-11-12-13-14-15-18(23)17(16-22)20-21-19;3*1-3-4-2;/h14-15,17-18,23H,2-13,16H2,1H3;3*1,3-4H2,2H3;/q-1;;;;+1/b15-14+;;;;/t17-,18+;;;;/m0..../s1. The van der Waals surface area contributed by atoms with Gasteiger partial charge in [-0.05, 0) is 0 Å². The number of nitrogens with zero attached hydrogens (tertiary/aromatic N) is 3. The number of unbranched alkanes of at least 4 members (excludes halogenated alkanes) is 14. The predicted molar refractivity (Wildman–Crippen MR) is 160 cm³/mol. The molecule has 6 heteroatoms. The van der Waals surface area contributed by atoms with Gasteiger partial charge in [-0.15, -0.1) is 0 Å². The van der Waals surface area contributed by atoms with Gasteiger partial charge in [-0.3, -0.25) is 0 Å². The normalized spacial score (nSPS) is 13.7. The van der Waals surface area contributed by atoms with Crippen molar-refractivity contribution in [2.75, 3.05) is 6.61 Å². The van der Waals surface area contributed by atoms with E-state index in [9.17, 15) is 5.11 Å². The van der Waals surface area contributed by atoms with Gasteiger partial charge in [-0.1, -0.05) is 45.4 Å². The number of allylic oxidation sites excluding steroid dienone is 1. The summed E-state index contributed by atoms with van der Waals surface area (Å²) < 4.78 is 10.5. The summed E-state index contributed by atoms with van der Waals surface area (Å²) >= 11 is -2.77. The van der Waals surface area contributed by atoms with Crippen molar-refractivity contribution < 1.29 is 8.18 Å². The minimum atomic E-state index is -2.77. The zero-order valence-electron chi connectivity index (χ0n) is 24.6. The van der Waals surface area contributed by atoms with E-state index in [0.29, 0.717) is 6.61 Å². The van der Waals surface area contributed by atoms with Crippen LogP contribution in [0.3, 0.4) is 0 Å². The fourth-order valence-corrected chi connectivity index (χ4v) is 18.3. The molecule has 0 aromatic carbocycles. The van der Waals surface area contributed by atoms with E-state index in [1.807, 2.05) is 6.08 Å². The molecule has 0 saturated heterocycles. The van der Waals surface area contributed by atoms with Crippen LogP contribution in [0, 0.1) is 0 Å². The molecule has 0 saturated carbocycles. The minimum absolute atomic E-state index is 0.376. The summed E-state index contributed by atoms with van der Waals surface area (Å²) in [5.74, 6) is 0. The zero-order valence-corrected chi connectivity index (χ0v) is 27.4. The molecule has 0 fully saturated rings. The average molecular weight is 615 g/mol. The Bertz CT molecular complexity index is 531. The van der Waals surface area contributed by atoms with Crippen molar-refractivity contribution in [1.29, 1.82) is 0 Å². The van der Waals surface area contributed by atoms with Gasteiger partial charge in [0.15, 0.2) is 0 Å². The number of aliphatic hydroxyl groups excluding tert-OH is 1. The van der Waals surface area contributed by atoms with Crippen molar-refractivity contribution in [3.8, 4) is 0 Å². The number of aliphatic hydroxyl groups is 1. The molecule has 0 unspecified atom stereocenters. The Kier molecular flexibility index (Phi) is 26.2. The van der Waals surface area contributed by atoms with Gasteiger partial charge in [0.25, 0.3) is 0 Å². The predicted octanol–water partition coefficient (Wildman–Crippen LogP) is 10.6. The Morgan fingerprint density at radius 3 is 1.61 bits per heavy atom. The molecule has 0 heterocycles. The first kappa shape index (κ1) is 35.8. The van der Waals surface area contributed by atoms with E-state index in [1.165, 1.54) is 116 Å². The summed E-state index contributed by atoms with van der Waals surface area (Å²) in [5.41, 5.74) is 9.11. The molecule has 36 heavy (non-hydrogen) atoms. The molecule has 0 aliphatic carbocycles. The van der Waals surface area contributed by atoms with E-state index in [4.69, 9.17) is 8.61 Å². The summed E-state index contributed by atoms with van der Waals surface area (Å²) in [4.78, 5) is 3.03. The fourth-order valence-electron chi connectivity index (χ4n) is 4.91. The Morgan fingerprint density at radius 1 is 0.722 bits per heavy atom. The molecule has 0 aromatic rings. The van der Waals surface area contributed by atoms with Crippen molar-refractivity contribution >= 4 is 18.8 Å². The molecule has 0 radical (unpaired) electrons. The van der Waals surface area contributed by atoms with Crippen LogP contribution in [-0.4, -0.2) is 42.7 Å². The van der Waals surface area contributed by atoms with Gasteiger partial charge in [0.05, 0.1) is 0 Å². The maximum absolute atomic E-state index is 10.7. The Hall–Kier alpha value is -0.231. The van der Waals surface area contributed by atoms with Crippen molar-refractivity contribution in [2.45, 2.75) is 169 Å². The maximum atomic E-state index is 10.7. The first-order valence-corrected chi connectivity index (χ1v) is 22.8. The third-order valence-corrected chi connectivity index (χ3v) is 20.5. The van der Waals surface area contributed by atoms with Crippen LogP contribution in [0.25, 0.3) is 10.4 Å². The molecule has 0 aliphatic rings. The van der Waals surface area contributed by atoms with Gasteiger partial charge in [0.1, 0.15) is 0 Å². The Labute approximate surface area is 229 Å². The molecule has 5 nitrogen and oxygen atoms in total. The quantitative estimate of drug-likeness (QED) is 0.0250. The topological polar surface area (TPSA) is 78.2 Å². The molecule has 2 atom stereocenters. The van der Waals surface area contributed by atoms with Crippen molar-refractivity contribution in [1.82, 2.24) is 0 Å². The first-order valence-electron chi connectivity index (χ1n) is 15.6. The van der Waals surface area contributed by atoms with Crippen molar-refractivity contribution in [3.05, 3.63) is 22.6 Å². The van der Waals surface area contributed by atoms with Gasteiger partial charge in [0.2, 0.25) is 0 Å². The summed E-state index contributed by atoms with van der Waals surface area (Å²) in [5, 5.41) is 14.7. The van der Waals surface area contributed by atoms with E-state index < -0.39 is 30.9 Å². The van der Waals surface area contributed by atoms with Crippen LogP contribution in [0.5, 0.6) is 0 Å². The second-order valence-corrected chi connectivity index (χ2v) is 22.7. The third-order valence-electron chi connectivity index (χ3n) is 7.42. The second kappa shape index (κ2) is 26.4. The van der Waals surface area contributed by atoms with E-state index >= 15 is 0 Å². The van der Waals surface area contributed by atoms with Crippen LogP contribution < -0.4 is 0 Å². The molecule has 0 aliphatic heterocycles. The third kappa shape index (κ3) is 19.8. The van der Waals surface area contributed by atoms with Crippen molar-refractivity contribution in [2.24, 2.45) is 5.11 Å². The molecular weight excluding hydrogens is 553 g/mol. The molecule has 0 amide bonds. The molecule has 0 spiro atoms. The summed E-state index contributed by atoms with van der Waals surface area (Å²) in [6, 6.07) is -0.524. The van der Waals surface area contributed by atoms with E-state index in [1.54, 1.807) is 0 Å². The molecular formula is C30H61N3O2Sn. The second-order valence-electron chi connectivity index (χ2n) is 10.8. The van der Waals surface area contributed by atoms with Crippen LogP contribution >= 0.6 is 0 Å². The van der Waals surface area contributed by atoms with Crippen LogP contribution in [0.4, 0.5) is 0 Å². The SMILES string of the molecule is CCCCCCCCCCCCC/C=C/[C@@H](O)[C@H](C[O][Sn]([CH2]CCC)([CH2]CCC)[CH2]CCC)N=[N+]=[N-]. The summed E-state index contributed by atoms with van der Waals surface area (Å²) in [6.45, 7) is 9.41. The van der Waals surface area contributed by atoms with Crippen LogP contribution in [0.15, 0.2) is 17.3 Å². The van der Waals surface area contributed by atoms with Crippen LogP contribution in [0.2, 0.25) is 13.3 Å². The molecule has 0 rings (SSSR count). The fraction of sp³-hybridized carbons (Fsp3) is 0.933. The molecule has 212 valence electrons. The summed E-state index contributed by atoms with van der Waals surface area (Å²) in [6.07, 6.45) is 26.2. The van der Waals surface area contributed by atoms with Gasteiger partial charge in [0, 0.05) is 0 Å². The average Bonchev–Trinajstić information content (AvgIpc) is 2.89. The molecule has 0 aromatic heterocycles. The van der Waals surface area contributed by atoms with E-state index in [2.05, 4.69) is 43.8 Å². The Morgan fingerprint density at radius 2 is 1.17 bits per heavy atom. The van der Waals surface area contributed by atoms with E-state index in [0.717, 1.165) is 12.8 Å². The monoisotopic (exact) mass is 615 g/mol. The summed E-state index contributed by atoms with van der Waals surface area (Å²) in [7, 11) is 0. The number of hydrogen-bond acceptors (Lipinski definition) is 3. The van der Waals surface area contributed by atoms with Gasteiger partial charge in [-0.2, -0.15) is 0 Å². The number of hydrogen-bond donors (Lipinski definition) is 1. The first-order chi connectivity index (χ1) is 17.6. The van der Waals surface area contributed by atoms with Crippen molar-refractivity contribution in [3.63, 3.8) is 0 Å². The van der Waals surface area contributed by atoms with Crippen LogP contribution in [-0.2, 0) is 3.07 Å². The van der Waals surface area contributed by atoms with Crippen LogP contribution in [0.1, 0.15) is 143 Å². The zero-order chi connectivity index (χ0) is 26.7. The van der Waals surface area contributed by atoms with Gasteiger partial charge >= 0.3 is 185 Å². The molecule has 0 bridgehead atoms. The number of rotatable bonds is 27.